The molecule has 0 aliphatic carbocycles. The number of rotatable bonds is 4. The lowest BCUT2D eigenvalue weighted by Crippen LogP contribution is -2.39. The van der Waals surface area contributed by atoms with Crippen LogP contribution in [-0.4, -0.2) is 45.4 Å². The van der Waals surface area contributed by atoms with Crippen molar-refractivity contribution in [2.45, 2.75) is 23.8 Å². The summed E-state index contributed by atoms with van der Waals surface area (Å²) in [5.41, 5.74) is 6.14. The Morgan fingerprint density at radius 1 is 1.40 bits per heavy atom. The van der Waals surface area contributed by atoms with Crippen LogP contribution in [0.25, 0.3) is 0 Å². The van der Waals surface area contributed by atoms with Crippen molar-refractivity contribution in [1.29, 1.82) is 0 Å². The van der Waals surface area contributed by atoms with Crippen molar-refractivity contribution in [3.8, 4) is 0 Å². The van der Waals surface area contributed by atoms with Crippen LogP contribution < -0.4 is 10.5 Å². The molecule has 7 heteroatoms. The van der Waals surface area contributed by atoms with Crippen LogP contribution in [0.5, 0.6) is 0 Å². The molecule has 1 unspecified atom stereocenters. The highest BCUT2D eigenvalue weighted by Crippen LogP contribution is 2.20. The van der Waals surface area contributed by atoms with Crippen LogP contribution >= 0.6 is 0 Å². The Kier molecular flexibility index (Phi) is 4.42. The number of carbonyl (C=O) groups is 1. The average molecular weight is 297 g/mol. The molecule has 3 N–H and O–H groups in total. The number of amides is 1. The number of nitrogens with one attached hydrogen (secondary N) is 1. The molecule has 2 rings (SSSR count). The van der Waals surface area contributed by atoms with Crippen LogP contribution in [0.2, 0.25) is 0 Å². The van der Waals surface area contributed by atoms with Gasteiger partial charge in [-0.3, -0.25) is 4.79 Å². The van der Waals surface area contributed by atoms with Gasteiger partial charge in [0.15, 0.2) is 0 Å². The van der Waals surface area contributed by atoms with Gasteiger partial charge in [0.2, 0.25) is 10.0 Å². The quantitative estimate of drug-likeness (QED) is 0.828. The lowest BCUT2D eigenvalue weighted by atomic mass is 10.1. The van der Waals surface area contributed by atoms with Gasteiger partial charge in [0.05, 0.1) is 4.90 Å². The highest BCUT2D eigenvalue weighted by atomic mass is 32.2. The first kappa shape index (κ1) is 15.0. The number of benzene rings is 1. The van der Waals surface area contributed by atoms with Gasteiger partial charge in [0, 0.05) is 24.7 Å². The SMILES string of the molecule is CNS(=O)(=O)c1ccc(C(=O)N2CCCC2CN)cc1. The van der Waals surface area contributed by atoms with Gasteiger partial charge < -0.3 is 10.6 Å². The van der Waals surface area contributed by atoms with Crippen LogP contribution in [0.1, 0.15) is 23.2 Å². The molecule has 20 heavy (non-hydrogen) atoms. The van der Waals surface area contributed by atoms with Crippen LogP contribution in [-0.2, 0) is 10.0 Å². The molecule has 0 bridgehead atoms. The first-order valence-electron chi connectivity index (χ1n) is 6.54. The molecule has 0 spiro atoms. The third kappa shape index (κ3) is 2.84. The summed E-state index contributed by atoms with van der Waals surface area (Å²) in [4.78, 5) is 14.3. The molecule has 1 fully saturated rings. The van der Waals surface area contributed by atoms with Crippen molar-refractivity contribution in [3.05, 3.63) is 29.8 Å². The minimum absolute atomic E-state index is 0.0863. The van der Waals surface area contributed by atoms with E-state index in [1.54, 1.807) is 17.0 Å². The Labute approximate surface area is 119 Å². The van der Waals surface area contributed by atoms with Crippen molar-refractivity contribution < 1.29 is 13.2 Å². The smallest absolute Gasteiger partial charge is 0.254 e. The third-order valence-corrected chi connectivity index (χ3v) is 5.02. The summed E-state index contributed by atoms with van der Waals surface area (Å²) in [6.07, 6.45) is 1.88. The molecule has 6 nitrogen and oxygen atoms in total. The number of carbonyl (C=O) groups excluding carboxylic acids is 1. The topological polar surface area (TPSA) is 92.5 Å². The summed E-state index contributed by atoms with van der Waals surface area (Å²) < 4.78 is 25.5. The summed E-state index contributed by atoms with van der Waals surface area (Å²) in [7, 11) is -2.12. The Bertz CT molecular complexity index is 583. The zero-order valence-corrected chi connectivity index (χ0v) is 12.2. The number of nitrogens with zero attached hydrogens (tertiary/aromatic N) is 1. The lowest BCUT2D eigenvalue weighted by Gasteiger charge is -2.23. The fourth-order valence-corrected chi connectivity index (χ4v) is 3.14. The van der Waals surface area contributed by atoms with Crippen LogP contribution in [0.15, 0.2) is 29.2 Å². The van der Waals surface area contributed by atoms with E-state index >= 15 is 0 Å². The van der Waals surface area contributed by atoms with Crippen molar-refractivity contribution >= 4 is 15.9 Å². The largest absolute Gasteiger partial charge is 0.334 e. The molecule has 1 saturated heterocycles. The maximum absolute atomic E-state index is 12.4. The highest BCUT2D eigenvalue weighted by molar-refractivity contribution is 7.89. The van der Waals surface area contributed by atoms with E-state index in [1.165, 1.54) is 19.2 Å². The van der Waals surface area contributed by atoms with E-state index in [1.807, 2.05) is 0 Å². The zero-order valence-electron chi connectivity index (χ0n) is 11.4. The first-order chi connectivity index (χ1) is 9.49. The molecule has 0 aromatic heterocycles. The van der Waals surface area contributed by atoms with E-state index in [4.69, 9.17) is 5.73 Å². The van der Waals surface area contributed by atoms with E-state index < -0.39 is 10.0 Å². The molecule has 1 aromatic rings. The first-order valence-corrected chi connectivity index (χ1v) is 8.02. The van der Waals surface area contributed by atoms with E-state index in [9.17, 15) is 13.2 Å². The van der Waals surface area contributed by atoms with E-state index in [2.05, 4.69) is 4.72 Å². The zero-order chi connectivity index (χ0) is 14.8. The predicted molar refractivity (Wildman–Crippen MR) is 75.8 cm³/mol. The molecule has 0 saturated carbocycles. The predicted octanol–water partition coefficient (Wildman–Crippen LogP) is 0.158. The van der Waals surface area contributed by atoms with Crippen LogP contribution in [0.3, 0.4) is 0 Å². The van der Waals surface area contributed by atoms with Gasteiger partial charge >= 0.3 is 0 Å². The standard InChI is InChI=1S/C13H19N3O3S/c1-15-20(18,19)12-6-4-10(5-7-12)13(17)16-8-2-3-11(16)9-14/h4-7,11,15H,2-3,8-9,14H2,1H3. The number of sulfonamides is 1. The Morgan fingerprint density at radius 3 is 2.60 bits per heavy atom. The molecular weight excluding hydrogens is 278 g/mol. The second-order valence-electron chi connectivity index (χ2n) is 4.76. The average Bonchev–Trinajstić information content (AvgIpc) is 2.95. The molecule has 1 atom stereocenters. The van der Waals surface area contributed by atoms with Gasteiger partial charge in [-0.05, 0) is 44.2 Å². The Hall–Kier alpha value is -1.44. The second kappa shape index (κ2) is 5.90. The van der Waals surface area contributed by atoms with E-state index in [0.29, 0.717) is 18.7 Å². The van der Waals surface area contributed by atoms with Gasteiger partial charge in [0.25, 0.3) is 5.91 Å². The van der Waals surface area contributed by atoms with Gasteiger partial charge in [-0.25, -0.2) is 13.1 Å². The summed E-state index contributed by atoms with van der Waals surface area (Å²) >= 11 is 0. The van der Waals surface area contributed by atoms with Crippen molar-refractivity contribution in [3.63, 3.8) is 0 Å². The van der Waals surface area contributed by atoms with E-state index in [0.717, 1.165) is 12.8 Å². The molecule has 1 aliphatic rings. The molecule has 1 aliphatic heterocycles. The molecule has 1 aromatic carbocycles. The van der Waals surface area contributed by atoms with E-state index in [-0.39, 0.29) is 16.8 Å². The van der Waals surface area contributed by atoms with Crippen molar-refractivity contribution in [2.75, 3.05) is 20.1 Å². The normalized spacial score (nSPS) is 19.3. The molecule has 1 amide bonds. The minimum Gasteiger partial charge on any atom is -0.334 e. The minimum atomic E-state index is -3.47. The van der Waals surface area contributed by atoms with Crippen molar-refractivity contribution in [2.24, 2.45) is 5.73 Å². The molecule has 1 heterocycles. The second-order valence-corrected chi connectivity index (χ2v) is 6.65. The summed E-state index contributed by atoms with van der Waals surface area (Å²) in [5.74, 6) is -0.0913. The van der Waals surface area contributed by atoms with Gasteiger partial charge in [-0.2, -0.15) is 0 Å². The summed E-state index contributed by atoms with van der Waals surface area (Å²) in [6.45, 7) is 1.16. The van der Waals surface area contributed by atoms with Gasteiger partial charge in [-0.1, -0.05) is 0 Å². The molecule has 110 valence electrons. The molecular formula is C13H19N3O3S. The number of hydrogen-bond donors (Lipinski definition) is 2. The van der Waals surface area contributed by atoms with Gasteiger partial charge in [-0.15, -0.1) is 0 Å². The Balaban J connectivity index is 2.20. The van der Waals surface area contributed by atoms with Gasteiger partial charge in [0.1, 0.15) is 0 Å². The lowest BCUT2D eigenvalue weighted by molar-refractivity contribution is 0.0741. The fraction of sp³-hybridized carbons (Fsp3) is 0.462. The fourth-order valence-electron chi connectivity index (χ4n) is 2.41. The summed E-state index contributed by atoms with van der Waals surface area (Å²) in [6, 6.07) is 6.04. The Morgan fingerprint density at radius 2 is 2.05 bits per heavy atom. The van der Waals surface area contributed by atoms with Crippen molar-refractivity contribution in [1.82, 2.24) is 9.62 Å². The third-order valence-electron chi connectivity index (χ3n) is 3.59. The summed E-state index contributed by atoms with van der Waals surface area (Å²) in [5, 5.41) is 0. The maximum Gasteiger partial charge on any atom is 0.254 e. The number of likely N-dealkylation sites (tertiary alicyclic amines) is 1. The number of nitrogens with two attached hydrogens (primary N) is 1. The molecule has 0 radical (unpaired) electrons. The number of hydrogen-bond acceptors (Lipinski definition) is 4. The maximum atomic E-state index is 12.4. The van der Waals surface area contributed by atoms with Crippen LogP contribution in [0, 0.1) is 0 Å². The van der Waals surface area contributed by atoms with Crippen LogP contribution in [0.4, 0.5) is 0 Å². The monoisotopic (exact) mass is 297 g/mol. The highest BCUT2D eigenvalue weighted by Gasteiger charge is 2.28.